The van der Waals surface area contributed by atoms with Crippen molar-refractivity contribution in [2.75, 3.05) is 6.61 Å². The van der Waals surface area contributed by atoms with Crippen LogP contribution in [0.25, 0.3) is 10.9 Å². The molecule has 0 unspecified atom stereocenters. The van der Waals surface area contributed by atoms with Crippen molar-refractivity contribution in [1.82, 2.24) is 4.98 Å². The van der Waals surface area contributed by atoms with Gasteiger partial charge in [0, 0.05) is 28.2 Å². The van der Waals surface area contributed by atoms with Crippen LogP contribution in [-0.4, -0.2) is 17.4 Å². The minimum absolute atomic E-state index is 0.144. The van der Waals surface area contributed by atoms with Crippen LogP contribution < -0.4 is 4.74 Å². The Morgan fingerprint density at radius 3 is 2.67 bits per heavy atom. The van der Waals surface area contributed by atoms with Gasteiger partial charge < -0.3 is 9.72 Å². The van der Waals surface area contributed by atoms with Crippen molar-refractivity contribution in [1.29, 1.82) is 0 Å². The van der Waals surface area contributed by atoms with Crippen molar-refractivity contribution >= 4 is 16.7 Å². The van der Waals surface area contributed by atoms with E-state index in [-0.39, 0.29) is 11.6 Å². The topological polar surface area (TPSA) is 42.1 Å². The summed E-state index contributed by atoms with van der Waals surface area (Å²) >= 11 is 0. The zero-order valence-electron chi connectivity index (χ0n) is 11.5. The summed E-state index contributed by atoms with van der Waals surface area (Å²) in [5.74, 6) is 0.219. The Morgan fingerprint density at radius 1 is 1.19 bits per heavy atom. The van der Waals surface area contributed by atoms with Crippen molar-refractivity contribution < 1.29 is 13.9 Å². The van der Waals surface area contributed by atoms with Gasteiger partial charge in [0.2, 0.25) is 0 Å². The van der Waals surface area contributed by atoms with Crippen LogP contribution in [-0.2, 0) is 0 Å². The Bertz CT molecular complexity index is 790. The minimum Gasteiger partial charge on any atom is -0.494 e. The van der Waals surface area contributed by atoms with Gasteiger partial charge in [0.1, 0.15) is 11.6 Å². The maximum absolute atomic E-state index is 13.4. The Balaban J connectivity index is 1.98. The summed E-state index contributed by atoms with van der Waals surface area (Å²) in [5, 5.41) is 0.592. The highest BCUT2D eigenvalue weighted by atomic mass is 19.1. The van der Waals surface area contributed by atoms with Gasteiger partial charge in [-0.3, -0.25) is 4.79 Å². The first-order valence-corrected chi connectivity index (χ1v) is 6.73. The monoisotopic (exact) mass is 283 g/mol. The standard InChI is InChI=1S/C17H14FNO2/c1-2-21-13-6-3-11(4-7-13)17(20)15-10-19-16-8-5-12(18)9-14(15)16/h3-10,19H,2H2,1H3. The average Bonchev–Trinajstić information content (AvgIpc) is 2.90. The van der Waals surface area contributed by atoms with E-state index in [1.54, 1.807) is 36.5 Å². The van der Waals surface area contributed by atoms with Gasteiger partial charge in [0.15, 0.2) is 5.78 Å². The molecule has 1 aromatic heterocycles. The molecule has 0 amide bonds. The smallest absolute Gasteiger partial charge is 0.195 e. The summed E-state index contributed by atoms with van der Waals surface area (Å²) < 4.78 is 18.7. The number of carbonyl (C=O) groups is 1. The van der Waals surface area contributed by atoms with Crippen LogP contribution in [0.4, 0.5) is 4.39 Å². The number of ketones is 1. The van der Waals surface area contributed by atoms with Crippen LogP contribution in [0.15, 0.2) is 48.7 Å². The SMILES string of the molecule is CCOc1ccc(C(=O)c2c[nH]c3ccc(F)cc23)cc1. The van der Waals surface area contributed by atoms with Gasteiger partial charge in [-0.15, -0.1) is 0 Å². The first kappa shape index (κ1) is 13.4. The molecule has 0 bridgehead atoms. The zero-order chi connectivity index (χ0) is 14.8. The summed E-state index contributed by atoms with van der Waals surface area (Å²) in [7, 11) is 0. The van der Waals surface area contributed by atoms with Gasteiger partial charge in [0.05, 0.1) is 6.61 Å². The number of H-pyrrole nitrogens is 1. The predicted molar refractivity (Wildman–Crippen MR) is 79.3 cm³/mol. The number of aromatic nitrogens is 1. The molecule has 0 spiro atoms. The molecule has 2 aromatic carbocycles. The van der Waals surface area contributed by atoms with Gasteiger partial charge in [-0.2, -0.15) is 0 Å². The molecule has 0 aliphatic heterocycles. The number of halogens is 1. The molecule has 0 saturated heterocycles. The number of nitrogens with one attached hydrogen (secondary N) is 1. The Labute approximate surface area is 121 Å². The second kappa shape index (κ2) is 5.40. The number of carbonyl (C=O) groups excluding carboxylic acids is 1. The van der Waals surface area contributed by atoms with Crippen molar-refractivity contribution in [3.63, 3.8) is 0 Å². The summed E-state index contributed by atoms with van der Waals surface area (Å²) in [6.07, 6.45) is 1.61. The van der Waals surface area contributed by atoms with E-state index in [1.807, 2.05) is 6.92 Å². The largest absolute Gasteiger partial charge is 0.494 e. The third-order valence-electron chi connectivity index (χ3n) is 3.32. The van der Waals surface area contributed by atoms with Crippen LogP contribution in [0.2, 0.25) is 0 Å². The first-order chi connectivity index (χ1) is 10.2. The number of hydrogen-bond acceptors (Lipinski definition) is 2. The maximum Gasteiger partial charge on any atom is 0.195 e. The van der Waals surface area contributed by atoms with Gasteiger partial charge in [-0.25, -0.2) is 4.39 Å². The van der Waals surface area contributed by atoms with E-state index >= 15 is 0 Å². The fourth-order valence-corrected chi connectivity index (χ4v) is 2.31. The highest BCUT2D eigenvalue weighted by Crippen LogP contribution is 2.23. The lowest BCUT2D eigenvalue weighted by molar-refractivity contribution is 0.104. The minimum atomic E-state index is -0.358. The molecule has 1 N–H and O–H groups in total. The molecule has 0 fully saturated rings. The molecule has 0 saturated carbocycles. The summed E-state index contributed by atoms with van der Waals surface area (Å²) in [6.45, 7) is 2.48. The van der Waals surface area contributed by atoms with E-state index < -0.39 is 0 Å². The molecule has 3 rings (SSSR count). The molecule has 3 aromatic rings. The van der Waals surface area contributed by atoms with Gasteiger partial charge in [0.25, 0.3) is 0 Å². The third kappa shape index (κ3) is 2.52. The number of hydrogen-bond donors (Lipinski definition) is 1. The summed E-state index contributed by atoms with van der Waals surface area (Å²) in [6, 6.07) is 11.3. The molecule has 0 aliphatic rings. The van der Waals surface area contributed by atoms with Crippen molar-refractivity contribution in [2.45, 2.75) is 6.92 Å². The fourth-order valence-electron chi connectivity index (χ4n) is 2.31. The van der Waals surface area contributed by atoms with Gasteiger partial charge >= 0.3 is 0 Å². The van der Waals surface area contributed by atoms with E-state index in [1.165, 1.54) is 12.1 Å². The van der Waals surface area contributed by atoms with Crippen LogP contribution in [0.5, 0.6) is 5.75 Å². The van der Waals surface area contributed by atoms with Gasteiger partial charge in [-0.05, 0) is 49.4 Å². The number of aromatic amines is 1. The molecule has 3 nitrogen and oxygen atoms in total. The molecule has 21 heavy (non-hydrogen) atoms. The third-order valence-corrected chi connectivity index (χ3v) is 3.32. The Hall–Kier alpha value is -2.62. The lowest BCUT2D eigenvalue weighted by atomic mass is 10.0. The molecule has 0 atom stereocenters. The second-order valence-electron chi connectivity index (χ2n) is 4.68. The molecule has 0 radical (unpaired) electrons. The second-order valence-corrected chi connectivity index (χ2v) is 4.68. The van der Waals surface area contributed by atoms with Crippen LogP contribution in [0, 0.1) is 5.82 Å². The molecular formula is C17H14FNO2. The van der Waals surface area contributed by atoms with Crippen molar-refractivity contribution in [3.05, 3.63) is 65.6 Å². The normalized spacial score (nSPS) is 10.8. The highest BCUT2D eigenvalue weighted by molar-refractivity contribution is 6.16. The summed E-state index contributed by atoms with van der Waals surface area (Å²) in [4.78, 5) is 15.5. The van der Waals surface area contributed by atoms with Crippen molar-refractivity contribution in [3.8, 4) is 5.75 Å². The molecule has 106 valence electrons. The zero-order valence-corrected chi connectivity index (χ0v) is 11.5. The summed E-state index contributed by atoms with van der Waals surface area (Å²) in [5.41, 5.74) is 1.75. The van der Waals surface area contributed by atoms with E-state index in [9.17, 15) is 9.18 Å². The van der Waals surface area contributed by atoms with Crippen LogP contribution in [0.3, 0.4) is 0 Å². The average molecular weight is 283 g/mol. The van der Waals surface area contributed by atoms with Crippen molar-refractivity contribution in [2.24, 2.45) is 0 Å². The van der Waals surface area contributed by atoms with E-state index in [4.69, 9.17) is 4.74 Å². The molecule has 1 heterocycles. The lowest BCUT2D eigenvalue weighted by Crippen LogP contribution is -2.00. The van der Waals surface area contributed by atoms with Crippen LogP contribution >= 0.6 is 0 Å². The predicted octanol–water partition coefficient (Wildman–Crippen LogP) is 3.94. The quantitative estimate of drug-likeness (QED) is 0.737. The van der Waals surface area contributed by atoms with E-state index in [0.29, 0.717) is 23.1 Å². The fraction of sp³-hybridized carbons (Fsp3) is 0.118. The Kier molecular flexibility index (Phi) is 3.44. The number of ether oxygens (including phenoxy) is 1. The lowest BCUT2D eigenvalue weighted by Gasteiger charge is -2.04. The molecule has 0 aliphatic carbocycles. The van der Waals surface area contributed by atoms with E-state index in [2.05, 4.69) is 4.98 Å². The highest BCUT2D eigenvalue weighted by Gasteiger charge is 2.14. The number of benzene rings is 2. The molecular weight excluding hydrogens is 269 g/mol. The first-order valence-electron chi connectivity index (χ1n) is 6.73. The molecule has 4 heteroatoms. The number of rotatable bonds is 4. The van der Waals surface area contributed by atoms with E-state index in [0.717, 1.165) is 11.3 Å². The maximum atomic E-state index is 13.4. The Morgan fingerprint density at radius 2 is 1.95 bits per heavy atom. The van der Waals surface area contributed by atoms with Gasteiger partial charge in [-0.1, -0.05) is 0 Å². The van der Waals surface area contributed by atoms with Crippen LogP contribution in [0.1, 0.15) is 22.8 Å². The number of fused-ring (bicyclic) bond motifs is 1.